The Kier molecular flexibility index (Phi) is 4.70. The summed E-state index contributed by atoms with van der Waals surface area (Å²) in [5.41, 5.74) is 2.53. The van der Waals surface area contributed by atoms with Gasteiger partial charge in [0.2, 0.25) is 6.10 Å². The molecule has 2 N–H and O–H groups in total. The number of carbonyl (C=O) groups is 1. The third-order valence-corrected chi connectivity index (χ3v) is 3.70. The smallest absolute Gasteiger partial charge is 0.284 e. The van der Waals surface area contributed by atoms with E-state index in [1.807, 2.05) is 0 Å². The standard InChI is InChI=1S/C17H15N3O6/c1-10-6-12(20(23)24)7-11(16(10)21)8-18-19-17(22)15-9-25-13-4-2-3-5-14(13)26-15/h2-8,15,21H,9H2,1H3,(H,19,22)/t15-/m0/s1. The fourth-order valence-corrected chi connectivity index (χ4v) is 2.38. The number of fused-ring (bicyclic) bond motifs is 1. The second kappa shape index (κ2) is 7.09. The Balaban J connectivity index is 1.68. The van der Waals surface area contributed by atoms with Gasteiger partial charge < -0.3 is 14.6 Å². The van der Waals surface area contributed by atoms with Gasteiger partial charge in [-0.1, -0.05) is 12.1 Å². The highest BCUT2D eigenvalue weighted by molar-refractivity contribution is 5.87. The summed E-state index contributed by atoms with van der Waals surface area (Å²) in [5.74, 6) is 0.309. The highest BCUT2D eigenvalue weighted by Crippen LogP contribution is 2.31. The number of amides is 1. The summed E-state index contributed by atoms with van der Waals surface area (Å²) in [6, 6.07) is 9.37. The largest absolute Gasteiger partial charge is 0.507 e. The fraction of sp³-hybridized carbons (Fsp3) is 0.176. The molecule has 0 bridgehead atoms. The van der Waals surface area contributed by atoms with E-state index in [-0.39, 0.29) is 23.6 Å². The molecule has 1 aliphatic rings. The Morgan fingerprint density at radius 1 is 1.38 bits per heavy atom. The van der Waals surface area contributed by atoms with Crippen molar-refractivity contribution in [1.82, 2.24) is 5.43 Å². The third kappa shape index (κ3) is 3.56. The Hall–Kier alpha value is -3.62. The summed E-state index contributed by atoms with van der Waals surface area (Å²) >= 11 is 0. The number of non-ortho nitro benzene ring substituents is 1. The number of aryl methyl sites for hydroxylation is 1. The van der Waals surface area contributed by atoms with Gasteiger partial charge in [0.1, 0.15) is 12.4 Å². The number of aromatic hydroxyl groups is 1. The first-order valence-corrected chi connectivity index (χ1v) is 7.65. The second-order valence-corrected chi connectivity index (χ2v) is 5.56. The first-order chi connectivity index (χ1) is 12.5. The lowest BCUT2D eigenvalue weighted by Gasteiger charge is -2.24. The van der Waals surface area contributed by atoms with Crippen molar-refractivity contribution in [2.75, 3.05) is 6.61 Å². The van der Waals surface area contributed by atoms with E-state index in [0.29, 0.717) is 17.1 Å². The molecule has 134 valence electrons. The van der Waals surface area contributed by atoms with Crippen molar-refractivity contribution in [3.05, 3.63) is 57.6 Å². The van der Waals surface area contributed by atoms with Crippen LogP contribution in [0.3, 0.4) is 0 Å². The number of phenolic OH excluding ortho intramolecular Hbond substituents is 1. The van der Waals surface area contributed by atoms with Crippen molar-refractivity contribution in [3.63, 3.8) is 0 Å². The quantitative estimate of drug-likeness (QED) is 0.489. The molecule has 9 nitrogen and oxygen atoms in total. The van der Waals surface area contributed by atoms with Crippen LogP contribution in [0.1, 0.15) is 11.1 Å². The fourth-order valence-electron chi connectivity index (χ4n) is 2.38. The van der Waals surface area contributed by atoms with Gasteiger partial charge in [-0.3, -0.25) is 14.9 Å². The zero-order chi connectivity index (χ0) is 18.7. The summed E-state index contributed by atoms with van der Waals surface area (Å²) in [5, 5.41) is 24.6. The summed E-state index contributed by atoms with van der Waals surface area (Å²) in [6.07, 6.45) is 0.243. The Morgan fingerprint density at radius 2 is 2.12 bits per heavy atom. The summed E-state index contributed by atoms with van der Waals surface area (Å²) in [4.78, 5) is 22.4. The van der Waals surface area contributed by atoms with Crippen molar-refractivity contribution < 1.29 is 24.3 Å². The number of hydrogen-bond acceptors (Lipinski definition) is 7. The van der Waals surface area contributed by atoms with E-state index in [9.17, 15) is 20.0 Å². The van der Waals surface area contributed by atoms with Gasteiger partial charge >= 0.3 is 0 Å². The molecule has 0 aromatic heterocycles. The van der Waals surface area contributed by atoms with Crippen LogP contribution in [-0.2, 0) is 4.79 Å². The zero-order valence-electron chi connectivity index (χ0n) is 13.7. The summed E-state index contributed by atoms with van der Waals surface area (Å²) in [6.45, 7) is 1.56. The normalized spacial score (nSPS) is 15.7. The minimum absolute atomic E-state index is 0.0273. The highest BCUT2D eigenvalue weighted by Gasteiger charge is 2.27. The number of benzene rings is 2. The lowest BCUT2D eigenvalue weighted by atomic mass is 10.1. The molecule has 0 radical (unpaired) electrons. The van der Waals surface area contributed by atoms with Crippen LogP contribution in [0.15, 0.2) is 41.5 Å². The number of ether oxygens (including phenoxy) is 2. The van der Waals surface area contributed by atoms with Gasteiger partial charge in [-0.25, -0.2) is 5.43 Å². The van der Waals surface area contributed by atoms with Crippen molar-refractivity contribution in [3.8, 4) is 17.2 Å². The molecule has 9 heteroatoms. The molecule has 2 aromatic rings. The van der Waals surface area contributed by atoms with Crippen LogP contribution in [-0.4, -0.2) is 34.9 Å². The lowest BCUT2D eigenvalue weighted by molar-refractivity contribution is -0.384. The predicted molar refractivity (Wildman–Crippen MR) is 91.6 cm³/mol. The van der Waals surface area contributed by atoms with E-state index >= 15 is 0 Å². The number of para-hydroxylation sites is 2. The first kappa shape index (κ1) is 17.2. The maximum Gasteiger partial charge on any atom is 0.284 e. The summed E-state index contributed by atoms with van der Waals surface area (Å²) < 4.78 is 11.0. The third-order valence-electron chi connectivity index (χ3n) is 3.70. The molecule has 1 amide bonds. The second-order valence-electron chi connectivity index (χ2n) is 5.56. The van der Waals surface area contributed by atoms with Crippen LogP contribution < -0.4 is 14.9 Å². The van der Waals surface area contributed by atoms with E-state index in [0.717, 1.165) is 12.3 Å². The minimum Gasteiger partial charge on any atom is -0.507 e. The lowest BCUT2D eigenvalue weighted by Crippen LogP contribution is -2.42. The molecule has 1 aliphatic heterocycles. The van der Waals surface area contributed by atoms with Crippen molar-refractivity contribution in [1.29, 1.82) is 0 Å². The topological polar surface area (TPSA) is 123 Å². The van der Waals surface area contributed by atoms with Gasteiger partial charge in [0, 0.05) is 17.7 Å². The van der Waals surface area contributed by atoms with Crippen molar-refractivity contribution >= 4 is 17.8 Å². The molecule has 2 aromatic carbocycles. The number of nitro benzene ring substituents is 1. The van der Waals surface area contributed by atoms with Gasteiger partial charge in [0.25, 0.3) is 11.6 Å². The molecular formula is C17H15N3O6. The van der Waals surface area contributed by atoms with E-state index in [1.165, 1.54) is 13.0 Å². The van der Waals surface area contributed by atoms with Crippen LogP contribution in [0.5, 0.6) is 17.2 Å². The number of nitro groups is 1. The number of rotatable bonds is 4. The number of phenols is 1. The number of hydrogen-bond donors (Lipinski definition) is 2. The maximum atomic E-state index is 12.1. The monoisotopic (exact) mass is 357 g/mol. The average molecular weight is 357 g/mol. The molecule has 0 saturated carbocycles. The van der Waals surface area contributed by atoms with Crippen LogP contribution in [0.25, 0.3) is 0 Å². The van der Waals surface area contributed by atoms with Crippen molar-refractivity contribution in [2.24, 2.45) is 5.10 Å². The molecule has 1 heterocycles. The van der Waals surface area contributed by atoms with E-state index < -0.39 is 16.9 Å². The Labute approximate surface area is 148 Å². The molecule has 0 fully saturated rings. The van der Waals surface area contributed by atoms with Gasteiger partial charge in [-0.2, -0.15) is 5.10 Å². The van der Waals surface area contributed by atoms with Gasteiger partial charge in [-0.15, -0.1) is 0 Å². The number of nitrogens with one attached hydrogen (secondary N) is 1. The molecule has 0 aliphatic carbocycles. The molecular weight excluding hydrogens is 342 g/mol. The molecule has 0 spiro atoms. The molecule has 3 rings (SSSR count). The van der Waals surface area contributed by atoms with E-state index in [1.54, 1.807) is 24.3 Å². The molecule has 0 saturated heterocycles. The number of carbonyl (C=O) groups excluding carboxylic acids is 1. The SMILES string of the molecule is Cc1cc([N+](=O)[O-])cc(C=NNC(=O)[C@@H]2COc3ccccc3O2)c1O. The molecule has 0 unspecified atom stereocenters. The minimum atomic E-state index is -0.887. The van der Waals surface area contributed by atoms with Crippen LogP contribution in [0, 0.1) is 17.0 Å². The number of hydrazone groups is 1. The van der Waals surface area contributed by atoms with E-state index in [2.05, 4.69) is 10.5 Å². The van der Waals surface area contributed by atoms with Crippen LogP contribution in [0.2, 0.25) is 0 Å². The van der Waals surface area contributed by atoms with Crippen LogP contribution in [0.4, 0.5) is 5.69 Å². The van der Waals surface area contributed by atoms with Gasteiger partial charge in [0.15, 0.2) is 11.5 Å². The van der Waals surface area contributed by atoms with Gasteiger partial charge in [-0.05, 0) is 24.6 Å². The predicted octanol–water partition coefficient (Wildman–Crippen LogP) is 1.90. The zero-order valence-corrected chi connectivity index (χ0v) is 13.7. The Bertz CT molecular complexity index is 896. The highest BCUT2D eigenvalue weighted by atomic mass is 16.6. The number of nitrogens with zero attached hydrogens (tertiary/aromatic N) is 2. The van der Waals surface area contributed by atoms with Crippen LogP contribution >= 0.6 is 0 Å². The Morgan fingerprint density at radius 3 is 2.85 bits per heavy atom. The first-order valence-electron chi connectivity index (χ1n) is 7.65. The summed E-state index contributed by atoms with van der Waals surface area (Å²) in [7, 11) is 0. The molecule has 1 atom stereocenters. The maximum absolute atomic E-state index is 12.1. The average Bonchev–Trinajstić information content (AvgIpc) is 2.64. The molecule has 26 heavy (non-hydrogen) atoms. The van der Waals surface area contributed by atoms with E-state index in [4.69, 9.17) is 9.47 Å². The van der Waals surface area contributed by atoms with Crippen molar-refractivity contribution in [2.45, 2.75) is 13.0 Å². The van der Waals surface area contributed by atoms with Gasteiger partial charge in [0.05, 0.1) is 11.1 Å².